The van der Waals surface area contributed by atoms with Gasteiger partial charge >= 0.3 is 0 Å². The molecule has 0 spiro atoms. The van der Waals surface area contributed by atoms with Crippen LogP contribution in [0.5, 0.6) is 5.75 Å². The van der Waals surface area contributed by atoms with Gasteiger partial charge in [0.05, 0.1) is 13.7 Å². The Bertz CT molecular complexity index is 950. The minimum absolute atomic E-state index is 0.554. The van der Waals surface area contributed by atoms with Crippen molar-refractivity contribution in [3.8, 4) is 17.2 Å². The van der Waals surface area contributed by atoms with Crippen LogP contribution in [0.4, 0.5) is 0 Å². The summed E-state index contributed by atoms with van der Waals surface area (Å²) in [5.41, 5.74) is 3.22. The first-order valence-corrected chi connectivity index (χ1v) is 10.3. The number of rotatable bonds is 9. The molecule has 1 aromatic heterocycles. The highest BCUT2D eigenvalue weighted by atomic mass is 16.5. The molecule has 0 atom stereocenters. The van der Waals surface area contributed by atoms with Gasteiger partial charge in [0.1, 0.15) is 5.75 Å². The molecule has 0 aliphatic rings. The minimum Gasteiger partial charge on any atom is -0.496 e. The van der Waals surface area contributed by atoms with Gasteiger partial charge < -0.3 is 19.9 Å². The van der Waals surface area contributed by atoms with Crippen LogP contribution >= 0.6 is 0 Å². The molecule has 3 rings (SSSR count). The lowest BCUT2D eigenvalue weighted by Crippen LogP contribution is -2.38. The summed E-state index contributed by atoms with van der Waals surface area (Å²) >= 11 is 0. The molecule has 0 amide bonds. The van der Waals surface area contributed by atoms with Gasteiger partial charge in [0.15, 0.2) is 11.8 Å². The Morgan fingerprint density at radius 3 is 2.57 bits per heavy atom. The highest BCUT2D eigenvalue weighted by Gasteiger charge is 2.07. The van der Waals surface area contributed by atoms with Gasteiger partial charge in [-0.15, -0.1) is 0 Å². The zero-order valence-corrected chi connectivity index (χ0v) is 17.8. The number of aryl methyl sites for hydroxylation is 1. The van der Waals surface area contributed by atoms with Crippen LogP contribution in [0.15, 0.2) is 58.0 Å². The maximum atomic E-state index is 5.40. The van der Waals surface area contributed by atoms with E-state index < -0.39 is 0 Å². The highest BCUT2D eigenvalue weighted by Crippen LogP contribution is 2.19. The highest BCUT2D eigenvalue weighted by molar-refractivity contribution is 5.79. The number of nitrogens with zero attached hydrogens (tertiary/aromatic N) is 3. The van der Waals surface area contributed by atoms with Crippen molar-refractivity contribution >= 4 is 5.96 Å². The zero-order valence-electron chi connectivity index (χ0n) is 17.8. The molecule has 158 valence electrons. The van der Waals surface area contributed by atoms with E-state index in [1.54, 1.807) is 7.11 Å². The third-order valence-electron chi connectivity index (χ3n) is 4.64. The van der Waals surface area contributed by atoms with Gasteiger partial charge in [-0.25, -0.2) is 4.99 Å². The quantitative estimate of drug-likeness (QED) is 0.416. The van der Waals surface area contributed by atoms with Crippen molar-refractivity contribution in [1.82, 2.24) is 20.8 Å². The number of ether oxygens (including phenoxy) is 1. The lowest BCUT2D eigenvalue weighted by Gasteiger charge is -2.12. The van der Waals surface area contributed by atoms with Crippen molar-refractivity contribution in [3.05, 3.63) is 65.5 Å². The lowest BCUT2D eigenvalue weighted by molar-refractivity contribution is 0.410. The molecule has 0 saturated carbocycles. The summed E-state index contributed by atoms with van der Waals surface area (Å²) in [5, 5.41) is 10.6. The molecule has 7 nitrogen and oxygen atoms in total. The molecule has 0 radical (unpaired) electrons. The average molecular weight is 408 g/mol. The predicted octanol–water partition coefficient (Wildman–Crippen LogP) is 3.61. The van der Waals surface area contributed by atoms with Gasteiger partial charge in [-0.3, -0.25) is 0 Å². The van der Waals surface area contributed by atoms with Crippen LogP contribution in [-0.2, 0) is 19.4 Å². The number of guanidine groups is 1. The molecule has 2 aromatic carbocycles. The van der Waals surface area contributed by atoms with E-state index in [9.17, 15) is 0 Å². The monoisotopic (exact) mass is 407 g/mol. The molecule has 1 heterocycles. The number of hydrogen-bond donors (Lipinski definition) is 2. The molecule has 0 aliphatic carbocycles. The molecule has 3 aromatic rings. The number of benzene rings is 2. The van der Waals surface area contributed by atoms with E-state index >= 15 is 0 Å². The fourth-order valence-electron chi connectivity index (χ4n) is 2.99. The second-order valence-corrected chi connectivity index (χ2v) is 6.75. The Kier molecular flexibility index (Phi) is 7.83. The summed E-state index contributed by atoms with van der Waals surface area (Å²) < 4.78 is 10.7. The number of methoxy groups -OCH3 is 1. The van der Waals surface area contributed by atoms with Gasteiger partial charge in [0.25, 0.3) is 5.89 Å². The molecule has 30 heavy (non-hydrogen) atoms. The molecule has 2 N–H and O–H groups in total. The molecule has 0 fully saturated rings. The summed E-state index contributed by atoms with van der Waals surface area (Å²) in [5.74, 6) is 2.93. The smallest absolute Gasteiger partial charge is 0.257 e. The van der Waals surface area contributed by atoms with Crippen LogP contribution in [-0.4, -0.2) is 36.3 Å². The Balaban J connectivity index is 1.55. The van der Waals surface area contributed by atoms with E-state index in [4.69, 9.17) is 9.26 Å². The van der Waals surface area contributed by atoms with E-state index in [0.717, 1.165) is 54.6 Å². The van der Waals surface area contributed by atoms with E-state index in [1.807, 2.05) is 43.3 Å². The summed E-state index contributed by atoms with van der Waals surface area (Å²) in [7, 11) is 1.68. The third-order valence-corrected chi connectivity index (χ3v) is 4.64. The van der Waals surface area contributed by atoms with Gasteiger partial charge in [0, 0.05) is 30.6 Å². The number of aromatic nitrogens is 2. The molecule has 0 aliphatic heterocycles. The fourth-order valence-corrected chi connectivity index (χ4v) is 2.99. The Hall–Kier alpha value is -3.35. The predicted molar refractivity (Wildman–Crippen MR) is 119 cm³/mol. The number of para-hydroxylation sites is 1. The molecule has 0 bridgehead atoms. The van der Waals surface area contributed by atoms with E-state index in [1.165, 1.54) is 5.56 Å². The molecular weight excluding hydrogens is 378 g/mol. The van der Waals surface area contributed by atoms with Crippen LogP contribution in [0.1, 0.15) is 30.8 Å². The van der Waals surface area contributed by atoms with Crippen molar-refractivity contribution in [1.29, 1.82) is 0 Å². The molecular formula is C23H29N5O2. The standard InChI is InChI=1S/C23H29N5O2/c1-4-21-27-22(30-28-21)18-12-10-17(11-13-18)14-15-25-23(24-5-2)26-16-19-8-6-7-9-20(19)29-3/h6-13H,4-5,14-16H2,1-3H3,(H2,24,25,26). The second kappa shape index (κ2) is 11.0. The lowest BCUT2D eigenvalue weighted by atomic mass is 10.1. The maximum Gasteiger partial charge on any atom is 0.257 e. The SMILES string of the molecule is CCNC(=NCc1ccccc1OC)NCCc1ccc(-c2nc(CC)no2)cc1. The Morgan fingerprint density at radius 2 is 1.87 bits per heavy atom. The fraction of sp³-hybridized carbons (Fsp3) is 0.348. The first-order valence-electron chi connectivity index (χ1n) is 10.3. The van der Waals surface area contributed by atoms with Crippen LogP contribution in [0.2, 0.25) is 0 Å². The van der Waals surface area contributed by atoms with Gasteiger partial charge in [-0.1, -0.05) is 42.4 Å². The maximum absolute atomic E-state index is 5.40. The van der Waals surface area contributed by atoms with Crippen molar-refractivity contribution < 1.29 is 9.26 Å². The Morgan fingerprint density at radius 1 is 1.07 bits per heavy atom. The number of aliphatic imine (C=N–C) groups is 1. The first-order chi connectivity index (χ1) is 14.7. The first kappa shape index (κ1) is 21.4. The van der Waals surface area contributed by atoms with Crippen molar-refractivity contribution in [2.75, 3.05) is 20.2 Å². The van der Waals surface area contributed by atoms with Crippen molar-refractivity contribution in [2.24, 2.45) is 4.99 Å². The molecule has 0 unspecified atom stereocenters. The van der Waals surface area contributed by atoms with Crippen LogP contribution in [0.25, 0.3) is 11.5 Å². The zero-order chi connectivity index (χ0) is 21.2. The minimum atomic E-state index is 0.554. The summed E-state index contributed by atoms with van der Waals surface area (Å²) in [6.07, 6.45) is 1.64. The van der Waals surface area contributed by atoms with Gasteiger partial charge in [-0.05, 0) is 37.1 Å². The second-order valence-electron chi connectivity index (χ2n) is 6.75. The topological polar surface area (TPSA) is 84.6 Å². The number of hydrogen-bond acceptors (Lipinski definition) is 5. The normalized spacial score (nSPS) is 11.4. The van der Waals surface area contributed by atoms with Crippen LogP contribution < -0.4 is 15.4 Å². The largest absolute Gasteiger partial charge is 0.496 e. The van der Waals surface area contributed by atoms with Gasteiger partial charge in [-0.2, -0.15) is 4.98 Å². The molecule has 7 heteroatoms. The van der Waals surface area contributed by atoms with E-state index in [0.29, 0.717) is 12.4 Å². The average Bonchev–Trinajstić information content (AvgIpc) is 3.27. The number of nitrogens with one attached hydrogen (secondary N) is 2. The van der Waals surface area contributed by atoms with Crippen molar-refractivity contribution in [3.63, 3.8) is 0 Å². The summed E-state index contributed by atoms with van der Waals surface area (Å²) in [4.78, 5) is 9.04. The third kappa shape index (κ3) is 5.83. The van der Waals surface area contributed by atoms with Crippen molar-refractivity contribution in [2.45, 2.75) is 33.2 Å². The van der Waals surface area contributed by atoms with E-state index in [2.05, 4.69) is 44.8 Å². The van der Waals surface area contributed by atoms with Crippen LogP contribution in [0, 0.1) is 0 Å². The summed E-state index contributed by atoms with van der Waals surface area (Å²) in [6.45, 7) is 6.19. The van der Waals surface area contributed by atoms with E-state index in [-0.39, 0.29) is 0 Å². The van der Waals surface area contributed by atoms with Crippen LogP contribution in [0.3, 0.4) is 0 Å². The molecule has 0 saturated heterocycles. The van der Waals surface area contributed by atoms with Gasteiger partial charge in [0.2, 0.25) is 0 Å². The summed E-state index contributed by atoms with van der Waals surface area (Å²) in [6, 6.07) is 16.1. The Labute approximate surface area is 177 Å².